The maximum absolute atomic E-state index is 11.7. The molecular weight excluding hydrogens is 307 g/mol. The van der Waals surface area contributed by atoms with Gasteiger partial charge in [0.15, 0.2) is 5.65 Å². The van der Waals surface area contributed by atoms with Gasteiger partial charge in [0.2, 0.25) is 5.91 Å². The molecule has 24 heavy (non-hydrogen) atoms. The first-order valence-corrected chi connectivity index (χ1v) is 8.17. The van der Waals surface area contributed by atoms with E-state index in [1.165, 1.54) is 0 Å². The molecule has 0 saturated carbocycles. The summed E-state index contributed by atoms with van der Waals surface area (Å²) in [4.78, 5) is 16.2. The highest BCUT2D eigenvalue weighted by Crippen LogP contribution is 2.36. The number of pyridine rings is 1. The van der Waals surface area contributed by atoms with Crippen LogP contribution in [0.25, 0.3) is 11.0 Å². The van der Waals surface area contributed by atoms with Crippen molar-refractivity contribution in [2.75, 3.05) is 6.54 Å². The molecule has 0 aliphatic carbocycles. The van der Waals surface area contributed by atoms with Crippen molar-refractivity contribution in [1.29, 1.82) is 0 Å². The molecule has 7 nitrogen and oxygen atoms in total. The summed E-state index contributed by atoms with van der Waals surface area (Å²) in [5, 5.41) is 7.86. The minimum absolute atomic E-state index is 0.0839. The first kappa shape index (κ1) is 16.9. The average molecular weight is 330 g/mol. The van der Waals surface area contributed by atoms with Crippen LogP contribution in [0.2, 0.25) is 0 Å². The molecule has 0 radical (unpaired) electrons. The SMILES string of the molecule is CCNC(=O)Cn1ncc2cc(B3OC(C)(C)C(C)(C)O3)cnc21. The van der Waals surface area contributed by atoms with E-state index in [4.69, 9.17) is 9.31 Å². The molecule has 1 saturated heterocycles. The second-order valence-corrected chi connectivity index (χ2v) is 7.03. The molecule has 0 aromatic carbocycles. The van der Waals surface area contributed by atoms with E-state index in [0.29, 0.717) is 12.2 Å². The van der Waals surface area contributed by atoms with Crippen molar-refractivity contribution >= 4 is 29.5 Å². The van der Waals surface area contributed by atoms with Crippen molar-refractivity contribution in [3.05, 3.63) is 18.5 Å². The Balaban J connectivity index is 1.85. The number of nitrogens with zero attached hydrogens (tertiary/aromatic N) is 3. The molecule has 3 heterocycles. The van der Waals surface area contributed by atoms with Crippen LogP contribution in [0, 0.1) is 0 Å². The molecule has 1 aliphatic rings. The molecule has 0 atom stereocenters. The van der Waals surface area contributed by atoms with Crippen LogP contribution in [0.5, 0.6) is 0 Å². The number of nitrogens with one attached hydrogen (secondary N) is 1. The molecule has 1 N–H and O–H groups in total. The van der Waals surface area contributed by atoms with E-state index in [-0.39, 0.29) is 12.5 Å². The van der Waals surface area contributed by atoms with Gasteiger partial charge in [-0.1, -0.05) is 0 Å². The fraction of sp³-hybridized carbons (Fsp3) is 0.562. The number of rotatable bonds is 4. The van der Waals surface area contributed by atoms with E-state index in [2.05, 4.69) is 15.4 Å². The lowest BCUT2D eigenvalue weighted by Crippen LogP contribution is -2.41. The van der Waals surface area contributed by atoms with Crippen LogP contribution in [-0.2, 0) is 20.6 Å². The molecule has 0 unspecified atom stereocenters. The summed E-state index contributed by atoms with van der Waals surface area (Å²) < 4.78 is 13.7. The average Bonchev–Trinajstić information content (AvgIpc) is 2.97. The molecular formula is C16H23BN4O3. The van der Waals surface area contributed by atoms with Crippen molar-refractivity contribution in [3.8, 4) is 0 Å². The van der Waals surface area contributed by atoms with Crippen molar-refractivity contribution in [1.82, 2.24) is 20.1 Å². The summed E-state index contributed by atoms with van der Waals surface area (Å²) in [5.41, 5.74) is 0.726. The van der Waals surface area contributed by atoms with Crippen molar-refractivity contribution in [2.24, 2.45) is 0 Å². The first-order chi connectivity index (χ1) is 11.2. The minimum atomic E-state index is -0.460. The lowest BCUT2D eigenvalue weighted by Gasteiger charge is -2.32. The van der Waals surface area contributed by atoms with Gasteiger partial charge in [0.05, 0.1) is 17.4 Å². The second-order valence-electron chi connectivity index (χ2n) is 7.03. The Kier molecular flexibility index (Phi) is 4.13. The summed E-state index contributed by atoms with van der Waals surface area (Å²) in [7, 11) is -0.460. The Morgan fingerprint density at radius 3 is 2.54 bits per heavy atom. The molecule has 1 aliphatic heterocycles. The first-order valence-electron chi connectivity index (χ1n) is 8.17. The van der Waals surface area contributed by atoms with Gasteiger partial charge in [0, 0.05) is 23.6 Å². The zero-order valence-corrected chi connectivity index (χ0v) is 14.8. The lowest BCUT2D eigenvalue weighted by atomic mass is 9.80. The number of likely N-dealkylation sites (N-methyl/N-ethyl adjacent to an activating group) is 1. The normalized spacial score (nSPS) is 19.0. The lowest BCUT2D eigenvalue weighted by molar-refractivity contribution is -0.121. The largest absolute Gasteiger partial charge is 0.496 e. The van der Waals surface area contributed by atoms with Crippen molar-refractivity contribution < 1.29 is 14.1 Å². The third-order valence-corrected chi connectivity index (χ3v) is 4.69. The third kappa shape index (κ3) is 2.91. The molecule has 0 bridgehead atoms. The number of fused-ring (bicyclic) bond motifs is 1. The Hall–Kier alpha value is -1.93. The van der Waals surface area contributed by atoms with Gasteiger partial charge in [-0.2, -0.15) is 5.10 Å². The molecule has 0 spiro atoms. The van der Waals surface area contributed by atoms with E-state index in [1.54, 1.807) is 17.1 Å². The number of hydrogen-bond donors (Lipinski definition) is 1. The molecule has 3 rings (SSSR count). The van der Waals surface area contributed by atoms with E-state index < -0.39 is 18.3 Å². The number of aromatic nitrogens is 3. The number of amides is 1. The van der Waals surface area contributed by atoms with Crippen molar-refractivity contribution in [2.45, 2.75) is 52.4 Å². The highest BCUT2D eigenvalue weighted by Gasteiger charge is 2.51. The van der Waals surface area contributed by atoms with Gasteiger partial charge in [0.1, 0.15) is 6.54 Å². The van der Waals surface area contributed by atoms with Crippen molar-refractivity contribution in [3.63, 3.8) is 0 Å². The predicted octanol–water partition coefficient (Wildman–Crippen LogP) is 0.867. The van der Waals surface area contributed by atoms with Crippen LogP contribution in [0.1, 0.15) is 34.6 Å². The van der Waals surface area contributed by atoms with Crippen LogP contribution < -0.4 is 10.8 Å². The molecule has 8 heteroatoms. The highest BCUT2D eigenvalue weighted by molar-refractivity contribution is 6.62. The van der Waals surface area contributed by atoms with Gasteiger partial charge in [-0.25, -0.2) is 9.67 Å². The maximum Gasteiger partial charge on any atom is 0.496 e. The fourth-order valence-corrected chi connectivity index (χ4v) is 2.60. The molecule has 2 aromatic rings. The number of carbonyl (C=O) groups is 1. The van der Waals surface area contributed by atoms with E-state index in [9.17, 15) is 4.79 Å². The Bertz CT molecular complexity index is 756. The molecule has 2 aromatic heterocycles. The van der Waals surface area contributed by atoms with Gasteiger partial charge < -0.3 is 14.6 Å². The molecule has 1 fully saturated rings. The summed E-state index contributed by atoms with van der Waals surface area (Å²) in [6.45, 7) is 10.7. The van der Waals surface area contributed by atoms with Gasteiger partial charge >= 0.3 is 7.12 Å². The van der Waals surface area contributed by atoms with Gasteiger partial charge in [-0.05, 0) is 40.7 Å². The smallest absolute Gasteiger partial charge is 0.399 e. The Morgan fingerprint density at radius 1 is 1.25 bits per heavy atom. The maximum atomic E-state index is 11.7. The van der Waals surface area contributed by atoms with Crippen LogP contribution in [0.15, 0.2) is 18.5 Å². The van der Waals surface area contributed by atoms with Crippen LogP contribution in [0.3, 0.4) is 0 Å². The summed E-state index contributed by atoms with van der Waals surface area (Å²) in [6, 6.07) is 1.95. The Labute approximate surface area is 141 Å². The monoisotopic (exact) mass is 330 g/mol. The summed E-state index contributed by atoms with van der Waals surface area (Å²) >= 11 is 0. The van der Waals surface area contributed by atoms with E-state index >= 15 is 0 Å². The fourth-order valence-electron chi connectivity index (χ4n) is 2.60. The van der Waals surface area contributed by atoms with Crippen LogP contribution in [-0.4, -0.2) is 45.5 Å². The topological polar surface area (TPSA) is 78.3 Å². The predicted molar refractivity (Wildman–Crippen MR) is 91.9 cm³/mol. The number of carbonyl (C=O) groups excluding carboxylic acids is 1. The second kappa shape index (κ2) is 5.86. The third-order valence-electron chi connectivity index (χ3n) is 4.69. The molecule has 1 amide bonds. The van der Waals surface area contributed by atoms with Crippen LogP contribution >= 0.6 is 0 Å². The van der Waals surface area contributed by atoms with E-state index in [0.717, 1.165) is 10.8 Å². The van der Waals surface area contributed by atoms with Gasteiger partial charge in [0.25, 0.3) is 0 Å². The Morgan fingerprint density at radius 2 is 1.92 bits per heavy atom. The summed E-state index contributed by atoms with van der Waals surface area (Å²) in [5.74, 6) is -0.0839. The van der Waals surface area contributed by atoms with Crippen LogP contribution in [0.4, 0.5) is 0 Å². The zero-order chi connectivity index (χ0) is 17.5. The molecule has 128 valence electrons. The van der Waals surface area contributed by atoms with Gasteiger partial charge in [-0.15, -0.1) is 0 Å². The highest BCUT2D eigenvalue weighted by atomic mass is 16.7. The zero-order valence-electron chi connectivity index (χ0n) is 14.8. The standard InChI is InChI=1S/C16H23BN4O3/c1-6-18-13(22)10-21-14-11(8-20-21)7-12(9-19-14)17-23-15(2,3)16(4,5)24-17/h7-9H,6,10H2,1-5H3,(H,18,22). The van der Waals surface area contributed by atoms with Gasteiger partial charge in [-0.3, -0.25) is 4.79 Å². The quantitative estimate of drug-likeness (QED) is 0.842. The summed E-state index contributed by atoms with van der Waals surface area (Å²) in [6.07, 6.45) is 3.43. The van der Waals surface area contributed by atoms with E-state index in [1.807, 2.05) is 40.7 Å². The number of hydrogen-bond acceptors (Lipinski definition) is 5. The minimum Gasteiger partial charge on any atom is -0.399 e.